The molecule has 0 unspecified atom stereocenters. The zero-order chi connectivity index (χ0) is 17.5. The van der Waals surface area contributed by atoms with Crippen LogP contribution < -0.4 is 0 Å². The van der Waals surface area contributed by atoms with Gasteiger partial charge in [-0.1, -0.05) is 43.7 Å². The average Bonchev–Trinajstić information content (AvgIpc) is 2.68. The van der Waals surface area contributed by atoms with Gasteiger partial charge >= 0.3 is 0 Å². The lowest BCUT2D eigenvalue weighted by molar-refractivity contribution is -0.135. The molecule has 2 aliphatic heterocycles. The van der Waals surface area contributed by atoms with Crippen LogP contribution in [0.15, 0.2) is 30.3 Å². The molecular formula is C20H30N2O3. The highest BCUT2D eigenvalue weighted by atomic mass is 16.6. The summed E-state index contributed by atoms with van der Waals surface area (Å²) in [4.78, 5) is 17.5. The average molecular weight is 346 g/mol. The predicted octanol–water partition coefficient (Wildman–Crippen LogP) is 2.13. The number of rotatable bonds is 6. The molecule has 2 heterocycles. The largest absolute Gasteiger partial charge is 0.376 e. The van der Waals surface area contributed by atoms with E-state index in [0.29, 0.717) is 19.8 Å². The van der Waals surface area contributed by atoms with Crippen LogP contribution in [0.1, 0.15) is 31.2 Å². The highest BCUT2D eigenvalue weighted by Gasteiger charge is 2.29. The fourth-order valence-electron chi connectivity index (χ4n) is 3.71. The normalized spacial score (nSPS) is 23.4. The Balaban J connectivity index is 1.52. The molecule has 0 spiro atoms. The SMILES string of the molecule is CCC[C@H](C(=O)N1CCN(C[C@H]2COCCO2)CC1)c1ccccc1. The molecule has 138 valence electrons. The Kier molecular flexibility index (Phi) is 6.84. The van der Waals surface area contributed by atoms with Crippen LogP contribution in [0.25, 0.3) is 0 Å². The number of ether oxygens (including phenoxy) is 2. The summed E-state index contributed by atoms with van der Waals surface area (Å²) in [7, 11) is 0. The second kappa shape index (κ2) is 9.32. The standard InChI is InChI=1S/C20H30N2O3/c1-2-6-19(17-7-4-3-5-8-17)20(23)22-11-9-21(10-12-22)15-18-16-24-13-14-25-18/h3-5,7-8,18-19H,2,6,9-16H2,1H3/t18-,19-/m0/s1. The van der Waals surface area contributed by atoms with Crippen LogP contribution in [-0.2, 0) is 14.3 Å². The molecule has 2 aliphatic rings. The number of benzene rings is 1. The molecule has 1 amide bonds. The van der Waals surface area contributed by atoms with Crippen LogP contribution in [0.3, 0.4) is 0 Å². The van der Waals surface area contributed by atoms with Gasteiger partial charge in [0, 0.05) is 32.7 Å². The fraction of sp³-hybridized carbons (Fsp3) is 0.650. The van der Waals surface area contributed by atoms with Gasteiger partial charge in [0.25, 0.3) is 0 Å². The first-order valence-corrected chi connectivity index (χ1v) is 9.53. The number of hydrogen-bond donors (Lipinski definition) is 0. The number of amides is 1. The van der Waals surface area contributed by atoms with Crippen molar-refractivity contribution in [2.24, 2.45) is 0 Å². The molecular weight excluding hydrogens is 316 g/mol. The molecule has 5 heteroatoms. The van der Waals surface area contributed by atoms with Gasteiger partial charge in [-0.05, 0) is 12.0 Å². The molecule has 0 bridgehead atoms. The molecule has 0 radical (unpaired) electrons. The van der Waals surface area contributed by atoms with Gasteiger partial charge in [-0.15, -0.1) is 0 Å². The van der Waals surface area contributed by atoms with Crippen molar-refractivity contribution in [1.82, 2.24) is 9.80 Å². The van der Waals surface area contributed by atoms with Crippen LogP contribution in [-0.4, -0.2) is 74.4 Å². The third-order valence-electron chi connectivity index (χ3n) is 5.11. The molecule has 1 aromatic carbocycles. The second-order valence-corrected chi connectivity index (χ2v) is 6.95. The van der Waals surface area contributed by atoms with Crippen molar-refractivity contribution in [2.75, 3.05) is 52.5 Å². The Morgan fingerprint density at radius 2 is 1.92 bits per heavy atom. The Morgan fingerprint density at radius 3 is 2.56 bits per heavy atom. The molecule has 3 rings (SSSR count). The van der Waals surface area contributed by atoms with Crippen molar-refractivity contribution in [3.63, 3.8) is 0 Å². The summed E-state index contributed by atoms with van der Waals surface area (Å²) in [5.74, 6) is 0.276. The summed E-state index contributed by atoms with van der Waals surface area (Å²) >= 11 is 0. The van der Waals surface area contributed by atoms with E-state index in [1.165, 1.54) is 0 Å². The smallest absolute Gasteiger partial charge is 0.230 e. The molecule has 2 fully saturated rings. The quantitative estimate of drug-likeness (QED) is 0.791. The zero-order valence-corrected chi connectivity index (χ0v) is 15.2. The van der Waals surface area contributed by atoms with E-state index in [1.807, 2.05) is 23.1 Å². The lowest BCUT2D eigenvalue weighted by Gasteiger charge is -2.38. The van der Waals surface area contributed by atoms with Gasteiger partial charge in [0.2, 0.25) is 5.91 Å². The van der Waals surface area contributed by atoms with Crippen molar-refractivity contribution in [1.29, 1.82) is 0 Å². The second-order valence-electron chi connectivity index (χ2n) is 6.95. The van der Waals surface area contributed by atoms with E-state index in [1.54, 1.807) is 0 Å². The predicted molar refractivity (Wildman–Crippen MR) is 97.7 cm³/mol. The number of carbonyl (C=O) groups excluding carboxylic acids is 1. The van der Waals surface area contributed by atoms with Crippen LogP contribution in [0.4, 0.5) is 0 Å². The molecule has 25 heavy (non-hydrogen) atoms. The van der Waals surface area contributed by atoms with Crippen LogP contribution in [0.2, 0.25) is 0 Å². The van der Waals surface area contributed by atoms with Crippen molar-refractivity contribution >= 4 is 5.91 Å². The minimum atomic E-state index is -0.00664. The number of hydrogen-bond acceptors (Lipinski definition) is 4. The van der Waals surface area contributed by atoms with Crippen molar-refractivity contribution < 1.29 is 14.3 Å². The van der Waals surface area contributed by atoms with Gasteiger partial charge in [0.05, 0.1) is 31.8 Å². The molecule has 2 saturated heterocycles. The first kappa shape index (κ1) is 18.4. The van der Waals surface area contributed by atoms with Gasteiger partial charge < -0.3 is 14.4 Å². The van der Waals surface area contributed by atoms with Crippen LogP contribution in [0, 0.1) is 0 Å². The Morgan fingerprint density at radius 1 is 1.16 bits per heavy atom. The van der Waals surface area contributed by atoms with Gasteiger partial charge in [-0.25, -0.2) is 0 Å². The first-order valence-electron chi connectivity index (χ1n) is 9.53. The highest BCUT2D eigenvalue weighted by molar-refractivity contribution is 5.83. The zero-order valence-electron chi connectivity index (χ0n) is 15.2. The monoisotopic (exact) mass is 346 g/mol. The van der Waals surface area contributed by atoms with E-state index < -0.39 is 0 Å². The summed E-state index contributed by atoms with van der Waals surface area (Å²) in [5, 5.41) is 0. The van der Waals surface area contributed by atoms with Crippen molar-refractivity contribution in [2.45, 2.75) is 31.8 Å². The third kappa shape index (κ3) is 5.03. The van der Waals surface area contributed by atoms with E-state index in [4.69, 9.17) is 9.47 Å². The van der Waals surface area contributed by atoms with Crippen molar-refractivity contribution in [3.8, 4) is 0 Å². The summed E-state index contributed by atoms with van der Waals surface area (Å²) in [5.41, 5.74) is 1.14. The van der Waals surface area contributed by atoms with E-state index in [0.717, 1.165) is 51.1 Å². The molecule has 0 aromatic heterocycles. The Hall–Kier alpha value is -1.43. The molecule has 0 saturated carbocycles. The topological polar surface area (TPSA) is 42.0 Å². The van der Waals surface area contributed by atoms with Gasteiger partial charge in [0.1, 0.15) is 0 Å². The lowest BCUT2D eigenvalue weighted by Crippen LogP contribution is -2.52. The summed E-state index contributed by atoms with van der Waals surface area (Å²) < 4.78 is 11.2. The maximum Gasteiger partial charge on any atom is 0.230 e. The fourth-order valence-corrected chi connectivity index (χ4v) is 3.71. The summed E-state index contributed by atoms with van der Waals surface area (Å²) in [6.45, 7) is 8.57. The molecule has 1 aromatic rings. The van der Waals surface area contributed by atoms with Gasteiger partial charge in [-0.3, -0.25) is 9.69 Å². The van der Waals surface area contributed by atoms with E-state index in [2.05, 4.69) is 24.0 Å². The van der Waals surface area contributed by atoms with Crippen LogP contribution in [0.5, 0.6) is 0 Å². The number of nitrogens with zero attached hydrogens (tertiary/aromatic N) is 2. The summed E-state index contributed by atoms with van der Waals surface area (Å²) in [6, 6.07) is 10.2. The highest BCUT2D eigenvalue weighted by Crippen LogP contribution is 2.24. The molecule has 0 aliphatic carbocycles. The molecule has 0 N–H and O–H groups in total. The lowest BCUT2D eigenvalue weighted by atomic mass is 9.93. The molecule has 5 nitrogen and oxygen atoms in total. The Labute approximate surface area is 150 Å². The molecule has 2 atom stereocenters. The van der Waals surface area contributed by atoms with Gasteiger partial charge in [-0.2, -0.15) is 0 Å². The number of piperazine rings is 1. The Bertz CT molecular complexity index is 523. The first-order chi connectivity index (χ1) is 12.3. The number of carbonyl (C=O) groups is 1. The third-order valence-corrected chi connectivity index (χ3v) is 5.11. The van der Waals surface area contributed by atoms with E-state index in [-0.39, 0.29) is 17.9 Å². The van der Waals surface area contributed by atoms with E-state index >= 15 is 0 Å². The minimum Gasteiger partial charge on any atom is -0.376 e. The van der Waals surface area contributed by atoms with Crippen molar-refractivity contribution in [3.05, 3.63) is 35.9 Å². The van der Waals surface area contributed by atoms with E-state index in [9.17, 15) is 4.79 Å². The maximum atomic E-state index is 13.0. The van der Waals surface area contributed by atoms with Gasteiger partial charge in [0.15, 0.2) is 0 Å². The minimum absolute atomic E-state index is 0.00664. The van der Waals surface area contributed by atoms with Crippen LogP contribution >= 0.6 is 0 Å². The maximum absolute atomic E-state index is 13.0. The summed E-state index contributed by atoms with van der Waals surface area (Å²) in [6.07, 6.45) is 2.11.